The van der Waals surface area contributed by atoms with Gasteiger partial charge in [0, 0.05) is 11.6 Å². The minimum Gasteiger partial charge on any atom is -0.484 e. The predicted molar refractivity (Wildman–Crippen MR) is 124 cm³/mol. The Bertz CT molecular complexity index is 945. The average molecular weight is 454 g/mol. The fourth-order valence-electron chi connectivity index (χ4n) is 2.82. The van der Waals surface area contributed by atoms with Crippen molar-refractivity contribution in [3.05, 3.63) is 53.1 Å². The third-order valence-corrected chi connectivity index (χ3v) is 5.60. The molecule has 0 aliphatic heterocycles. The van der Waals surface area contributed by atoms with Crippen molar-refractivity contribution < 1.29 is 9.53 Å². The van der Waals surface area contributed by atoms with Crippen LogP contribution in [0.2, 0.25) is 5.02 Å². The Labute approximate surface area is 186 Å². The van der Waals surface area contributed by atoms with Gasteiger partial charge in [0.15, 0.2) is 11.7 Å². The van der Waals surface area contributed by atoms with Gasteiger partial charge >= 0.3 is 0 Å². The summed E-state index contributed by atoms with van der Waals surface area (Å²) in [6, 6.07) is 13.1. The van der Waals surface area contributed by atoms with Gasteiger partial charge in [-0.15, -0.1) is 12.4 Å². The molecular formula is C21H25Cl2N3O2S. The van der Waals surface area contributed by atoms with Crippen LogP contribution in [0.5, 0.6) is 5.75 Å². The first-order valence-corrected chi connectivity index (χ1v) is 10.3. The minimum absolute atomic E-state index is 0. The van der Waals surface area contributed by atoms with E-state index in [-0.39, 0.29) is 24.9 Å². The maximum Gasteiger partial charge on any atom is 0.266 e. The first-order chi connectivity index (χ1) is 13.4. The molecule has 29 heavy (non-hydrogen) atoms. The van der Waals surface area contributed by atoms with Crippen LogP contribution in [-0.2, 0) is 4.79 Å². The van der Waals surface area contributed by atoms with Crippen LogP contribution in [-0.4, -0.2) is 49.6 Å². The van der Waals surface area contributed by atoms with E-state index in [1.54, 1.807) is 29.2 Å². The average Bonchev–Trinajstić information content (AvgIpc) is 3.09. The number of thiazole rings is 1. The van der Waals surface area contributed by atoms with Crippen molar-refractivity contribution >= 4 is 56.6 Å². The van der Waals surface area contributed by atoms with Gasteiger partial charge in [0.05, 0.1) is 10.2 Å². The molecule has 0 aliphatic carbocycles. The fraction of sp³-hybridized carbons (Fsp3) is 0.333. The lowest BCUT2D eigenvalue weighted by Gasteiger charge is -2.21. The number of hydrogen-bond acceptors (Lipinski definition) is 5. The number of carbonyl (C=O) groups is 1. The largest absolute Gasteiger partial charge is 0.484 e. The van der Waals surface area contributed by atoms with Gasteiger partial charge in [-0.2, -0.15) is 0 Å². The van der Waals surface area contributed by atoms with E-state index in [2.05, 4.69) is 4.90 Å². The second kappa shape index (κ2) is 10.8. The van der Waals surface area contributed by atoms with Crippen LogP contribution in [0.1, 0.15) is 12.0 Å². The van der Waals surface area contributed by atoms with Crippen molar-refractivity contribution in [2.24, 2.45) is 0 Å². The summed E-state index contributed by atoms with van der Waals surface area (Å²) in [5.41, 5.74) is 2.06. The normalized spacial score (nSPS) is 10.8. The molecule has 2 aromatic carbocycles. The molecule has 8 heteroatoms. The zero-order valence-electron chi connectivity index (χ0n) is 16.7. The summed E-state index contributed by atoms with van der Waals surface area (Å²) in [4.78, 5) is 21.5. The Balaban J connectivity index is 0.00000300. The van der Waals surface area contributed by atoms with Gasteiger partial charge in [-0.25, -0.2) is 4.98 Å². The van der Waals surface area contributed by atoms with Crippen molar-refractivity contribution in [2.45, 2.75) is 13.3 Å². The zero-order valence-corrected chi connectivity index (χ0v) is 19.1. The molecule has 0 saturated carbocycles. The number of aryl methyl sites for hydroxylation is 1. The van der Waals surface area contributed by atoms with Crippen LogP contribution in [0.25, 0.3) is 10.2 Å². The van der Waals surface area contributed by atoms with Gasteiger partial charge in [0.25, 0.3) is 5.91 Å². The summed E-state index contributed by atoms with van der Waals surface area (Å²) in [6.07, 6.45) is 0.856. The van der Waals surface area contributed by atoms with Crippen molar-refractivity contribution in [2.75, 3.05) is 38.7 Å². The molecule has 0 N–H and O–H groups in total. The molecule has 3 rings (SSSR count). The third kappa shape index (κ3) is 6.31. The highest BCUT2D eigenvalue weighted by atomic mass is 35.5. The lowest BCUT2D eigenvalue weighted by Crippen LogP contribution is -2.36. The second-order valence-corrected chi connectivity index (χ2v) is 8.31. The fourth-order valence-corrected chi connectivity index (χ4v) is 4.03. The Hall–Kier alpha value is -1.86. The van der Waals surface area contributed by atoms with Gasteiger partial charge in [-0.05, 0) is 69.9 Å². The SMILES string of the molecule is Cc1cccc2sc(N(CCCN(C)C)C(=O)COc3ccc(Cl)cc3)nc12.Cl. The highest BCUT2D eigenvalue weighted by Crippen LogP contribution is 2.31. The molecule has 0 unspecified atom stereocenters. The Morgan fingerprint density at radius 2 is 1.86 bits per heavy atom. The van der Waals surface area contributed by atoms with E-state index >= 15 is 0 Å². The Morgan fingerprint density at radius 1 is 1.14 bits per heavy atom. The molecule has 5 nitrogen and oxygen atoms in total. The molecule has 3 aromatic rings. The van der Waals surface area contributed by atoms with Crippen molar-refractivity contribution in [3.8, 4) is 5.75 Å². The van der Waals surface area contributed by atoms with Gasteiger partial charge in [-0.3, -0.25) is 9.69 Å². The summed E-state index contributed by atoms with van der Waals surface area (Å²) in [6.45, 7) is 3.48. The van der Waals surface area contributed by atoms with Crippen molar-refractivity contribution in [1.29, 1.82) is 0 Å². The minimum atomic E-state index is -0.106. The van der Waals surface area contributed by atoms with Crippen LogP contribution in [0.4, 0.5) is 5.13 Å². The second-order valence-electron chi connectivity index (χ2n) is 6.86. The monoisotopic (exact) mass is 453 g/mol. The maximum absolute atomic E-state index is 12.9. The zero-order chi connectivity index (χ0) is 20.1. The molecule has 0 atom stereocenters. The van der Waals surface area contributed by atoms with E-state index in [1.807, 2.05) is 39.2 Å². The number of anilines is 1. The lowest BCUT2D eigenvalue weighted by molar-refractivity contribution is -0.120. The van der Waals surface area contributed by atoms with Crippen LogP contribution >= 0.6 is 35.3 Å². The maximum atomic E-state index is 12.9. The van der Waals surface area contributed by atoms with Crippen LogP contribution in [0.3, 0.4) is 0 Å². The number of aromatic nitrogens is 1. The number of halogens is 2. The van der Waals surface area contributed by atoms with Crippen molar-refractivity contribution in [3.63, 3.8) is 0 Å². The standard InChI is InChI=1S/C21H24ClN3O2S.ClH/c1-15-6-4-7-18-20(15)23-21(28-18)25(13-5-12-24(2)3)19(26)14-27-17-10-8-16(22)9-11-17;/h4,6-11H,5,12-14H2,1-3H3;1H. The summed E-state index contributed by atoms with van der Waals surface area (Å²) in [7, 11) is 4.05. The molecule has 0 bridgehead atoms. The third-order valence-electron chi connectivity index (χ3n) is 4.30. The molecule has 0 fully saturated rings. The number of hydrogen-bond donors (Lipinski definition) is 0. The molecule has 156 valence electrons. The van der Waals surface area contributed by atoms with Gasteiger partial charge in [0.1, 0.15) is 5.75 Å². The van der Waals surface area contributed by atoms with Crippen LogP contribution in [0, 0.1) is 6.92 Å². The first-order valence-electron chi connectivity index (χ1n) is 9.13. The Kier molecular flexibility index (Phi) is 8.71. The lowest BCUT2D eigenvalue weighted by atomic mass is 10.2. The number of rotatable bonds is 8. The topological polar surface area (TPSA) is 45.7 Å². The summed E-state index contributed by atoms with van der Waals surface area (Å²) >= 11 is 7.44. The number of para-hydroxylation sites is 1. The first kappa shape index (κ1) is 23.4. The van der Waals surface area contributed by atoms with E-state index < -0.39 is 0 Å². The van der Waals surface area contributed by atoms with Gasteiger partial charge in [0.2, 0.25) is 0 Å². The van der Waals surface area contributed by atoms with E-state index in [0.717, 1.165) is 28.7 Å². The van der Waals surface area contributed by atoms with E-state index in [4.69, 9.17) is 21.3 Å². The number of carbonyl (C=O) groups excluding carboxylic acids is 1. The number of nitrogens with zero attached hydrogens (tertiary/aromatic N) is 3. The van der Waals surface area contributed by atoms with E-state index in [0.29, 0.717) is 22.4 Å². The summed E-state index contributed by atoms with van der Waals surface area (Å²) < 4.78 is 6.75. The molecule has 0 saturated heterocycles. The van der Waals surface area contributed by atoms with Gasteiger partial charge < -0.3 is 9.64 Å². The molecule has 1 heterocycles. The van der Waals surface area contributed by atoms with E-state index in [1.165, 1.54) is 11.3 Å². The molecule has 0 spiro atoms. The van der Waals surface area contributed by atoms with Gasteiger partial charge in [-0.1, -0.05) is 35.1 Å². The highest BCUT2D eigenvalue weighted by Gasteiger charge is 2.20. The number of amides is 1. The predicted octanol–water partition coefficient (Wildman–Crippen LogP) is 5.04. The highest BCUT2D eigenvalue weighted by molar-refractivity contribution is 7.22. The number of benzene rings is 2. The quantitative estimate of drug-likeness (QED) is 0.478. The van der Waals surface area contributed by atoms with E-state index in [9.17, 15) is 4.79 Å². The smallest absolute Gasteiger partial charge is 0.266 e. The molecule has 1 aromatic heterocycles. The van der Waals surface area contributed by atoms with Crippen molar-refractivity contribution in [1.82, 2.24) is 9.88 Å². The molecule has 1 amide bonds. The Morgan fingerprint density at radius 3 is 2.52 bits per heavy atom. The summed E-state index contributed by atoms with van der Waals surface area (Å²) in [5.74, 6) is 0.511. The summed E-state index contributed by atoms with van der Waals surface area (Å²) in [5, 5.41) is 1.35. The number of fused-ring (bicyclic) bond motifs is 1. The molecule has 0 radical (unpaired) electrons. The number of ether oxygens (including phenoxy) is 1. The van der Waals surface area contributed by atoms with Crippen LogP contribution in [0.15, 0.2) is 42.5 Å². The molecular weight excluding hydrogens is 429 g/mol. The van der Waals surface area contributed by atoms with Crippen LogP contribution < -0.4 is 9.64 Å². The molecule has 0 aliphatic rings.